The van der Waals surface area contributed by atoms with Gasteiger partial charge in [-0.15, -0.1) is 0 Å². The molecule has 6 nitrogen and oxygen atoms in total. The number of hydrogen-bond acceptors (Lipinski definition) is 4. The van der Waals surface area contributed by atoms with Crippen molar-refractivity contribution in [1.82, 2.24) is 10.8 Å². The van der Waals surface area contributed by atoms with Crippen molar-refractivity contribution in [3.63, 3.8) is 0 Å². The van der Waals surface area contributed by atoms with Crippen molar-refractivity contribution in [2.45, 2.75) is 50.6 Å². The van der Waals surface area contributed by atoms with Crippen molar-refractivity contribution in [3.8, 4) is 0 Å². The highest BCUT2D eigenvalue weighted by molar-refractivity contribution is 5.93. The van der Waals surface area contributed by atoms with Crippen LogP contribution in [0.1, 0.15) is 66.1 Å². The minimum absolute atomic E-state index is 0.212. The fourth-order valence-electron chi connectivity index (χ4n) is 4.77. The number of rotatable bonds is 6. The fraction of sp³-hybridized carbons (Fsp3) is 0.333. The number of hydroxylamine groups is 1. The standard InChI is InChI=1S/C26H30N2O2.CH2O2/c1-18(24-12-6-8-20-7-3-4-11-25(20)24)27-23-10-5-9-22(17-23)19-13-15-21(16-14-19)26(29)28-30-2;2-1-3/h3-4,6-8,11-16,18,22-23,27H,5,9-10,17H2,1-2H3,(H,28,29);1H,(H,2,3)/t18-,22+,23?;/m1./s1. The molecular formula is C27H32N2O4. The zero-order valence-electron chi connectivity index (χ0n) is 19.2. The van der Waals surface area contributed by atoms with Gasteiger partial charge < -0.3 is 10.4 Å². The molecule has 0 bridgehead atoms. The van der Waals surface area contributed by atoms with Gasteiger partial charge >= 0.3 is 0 Å². The third-order valence-electron chi connectivity index (χ3n) is 6.29. The Bertz CT molecular complexity index is 1050. The second kappa shape index (κ2) is 12.1. The maximum Gasteiger partial charge on any atom is 0.290 e. The Kier molecular flexibility index (Phi) is 8.98. The SMILES string of the molecule is CONC(=O)c1ccc([C@H]2CCCC(N[C@H](C)c3cccc4ccccc34)C2)cc1.O=CO. The van der Waals surface area contributed by atoms with Gasteiger partial charge in [-0.05, 0) is 66.1 Å². The molecule has 4 rings (SSSR count). The highest BCUT2D eigenvalue weighted by atomic mass is 16.6. The first-order chi connectivity index (χ1) is 16.1. The van der Waals surface area contributed by atoms with Gasteiger partial charge in [-0.1, -0.05) is 61.0 Å². The molecule has 0 heterocycles. The maximum atomic E-state index is 11.9. The summed E-state index contributed by atoms with van der Waals surface area (Å²) in [5.74, 6) is 0.312. The monoisotopic (exact) mass is 448 g/mol. The lowest BCUT2D eigenvalue weighted by Crippen LogP contribution is -2.35. The van der Waals surface area contributed by atoms with Crippen molar-refractivity contribution < 1.29 is 19.5 Å². The van der Waals surface area contributed by atoms with Gasteiger partial charge in [0.05, 0.1) is 7.11 Å². The first kappa shape index (κ1) is 24.4. The molecule has 3 N–H and O–H groups in total. The third-order valence-corrected chi connectivity index (χ3v) is 6.29. The Morgan fingerprint density at radius 1 is 1.06 bits per heavy atom. The smallest absolute Gasteiger partial charge is 0.290 e. The molecule has 0 saturated heterocycles. The molecule has 1 aliphatic rings. The van der Waals surface area contributed by atoms with Gasteiger partial charge in [-0.25, -0.2) is 5.48 Å². The van der Waals surface area contributed by atoms with Crippen LogP contribution in [0, 0.1) is 0 Å². The number of hydrogen-bond donors (Lipinski definition) is 3. The summed E-state index contributed by atoms with van der Waals surface area (Å²) in [6.45, 7) is 2.02. The predicted molar refractivity (Wildman–Crippen MR) is 130 cm³/mol. The maximum absolute atomic E-state index is 11.9. The molecule has 3 atom stereocenters. The lowest BCUT2D eigenvalue weighted by atomic mass is 9.80. The molecule has 1 unspecified atom stereocenters. The van der Waals surface area contributed by atoms with E-state index in [0.717, 1.165) is 6.42 Å². The van der Waals surface area contributed by atoms with E-state index >= 15 is 0 Å². The van der Waals surface area contributed by atoms with Crippen LogP contribution in [0.15, 0.2) is 66.7 Å². The van der Waals surface area contributed by atoms with E-state index in [1.54, 1.807) is 0 Å². The van der Waals surface area contributed by atoms with E-state index in [2.05, 4.69) is 72.3 Å². The molecule has 174 valence electrons. The van der Waals surface area contributed by atoms with E-state index in [9.17, 15) is 4.79 Å². The van der Waals surface area contributed by atoms with Gasteiger partial charge in [0.15, 0.2) is 0 Å². The molecular weight excluding hydrogens is 416 g/mol. The summed E-state index contributed by atoms with van der Waals surface area (Å²) < 4.78 is 0. The number of benzene rings is 3. The zero-order valence-corrected chi connectivity index (χ0v) is 19.2. The molecule has 1 fully saturated rings. The average Bonchev–Trinajstić information content (AvgIpc) is 2.84. The van der Waals surface area contributed by atoms with Crippen LogP contribution in [-0.4, -0.2) is 30.6 Å². The van der Waals surface area contributed by atoms with Crippen molar-refractivity contribution >= 4 is 23.2 Å². The lowest BCUT2D eigenvalue weighted by molar-refractivity contribution is -0.122. The molecule has 0 aromatic heterocycles. The summed E-state index contributed by atoms with van der Waals surface area (Å²) in [6, 6.07) is 23.9. The first-order valence-corrected chi connectivity index (χ1v) is 11.3. The Morgan fingerprint density at radius 3 is 2.48 bits per heavy atom. The molecule has 0 radical (unpaired) electrons. The van der Waals surface area contributed by atoms with Crippen LogP contribution < -0.4 is 10.8 Å². The number of carbonyl (C=O) groups is 2. The van der Waals surface area contributed by atoms with Crippen molar-refractivity contribution in [1.29, 1.82) is 0 Å². The summed E-state index contributed by atoms with van der Waals surface area (Å²) in [5, 5.41) is 13.4. The van der Waals surface area contributed by atoms with Gasteiger partial charge in [0.2, 0.25) is 0 Å². The van der Waals surface area contributed by atoms with E-state index in [1.165, 1.54) is 48.3 Å². The van der Waals surface area contributed by atoms with Gasteiger partial charge in [0.1, 0.15) is 0 Å². The summed E-state index contributed by atoms with van der Waals surface area (Å²) in [6.07, 6.45) is 4.75. The van der Waals surface area contributed by atoms with Crippen LogP contribution >= 0.6 is 0 Å². The van der Waals surface area contributed by atoms with Gasteiger partial charge in [0.25, 0.3) is 12.4 Å². The van der Waals surface area contributed by atoms with E-state index in [1.807, 2.05) is 12.1 Å². The van der Waals surface area contributed by atoms with E-state index in [-0.39, 0.29) is 12.4 Å². The van der Waals surface area contributed by atoms with Crippen LogP contribution in [0.2, 0.25) is 0 Å². The molecule has 1 saturated carbocycles. The van der Waals surface area contributed by atoms with E-state index in [0.29, 0.717) is 23.6 Å². The highest BCUT2D eigenvalue weighted by Gasteiger charge is 2.25. The van der Waals surface area contributed by atoms with Crippen molar-refractivity contribution in [2.24, 2.45) is 0 Å². The molecule has 3 aromatic carbocycles. The largest absolute Gasteiger partial charge is 0.483 e. The zero-order chi connectivity index (χ0) is 23.6. The number of carboxylic acid groups (broad SMARTS) is 1. The van der Waals surface area contributed by atoms with Crippen LogP contribution in [0.5, 0.6) is 0 Å². The van der Waals surface area contributed by atoms with Crippen LogP contribution in [-0.2, 0) is 9.63 Å². The van der Waals surface area contributed by atoms with Crippen LogP contribution in [0.3, 0.4) is 0 Å². The summed E-state index contributed by atoms with van der Waals surface area (Å²) in [4.78, 5) is 25.0. The molecule has 33 heavy (non-hydrogen) atoms. The minimum atomic E-state index is -0.250. The van der Waals surface area contributed by atoms with E-state index in [4.69, 9.17) is 14.7 Å². The normalized spacial score (nSPS) is 18.6. The number of nitrogens with one attached hydrogen (secondary N) is 2. The second-order valence-corrected chi connectivity index (χ2v) is 8.38. The summed E-state index contributed by atoms with van der Waals surface area (Å²) in [7, 11) is 1.45. The molecule has 0 spiro atoms. The first-order valence-electron chi connectivity index (χ1n) is 11.3. The topological polar surface area (TPSA) is 87.7 Å². The Morgan fingerprint density at radius 2 is 1.76 bits per heavy atom. The van der Waals surface area contributed by atoms with Crippen LogP contribution in [0.25, 0.3) is 10.8 Å². The van der Waals surface area contributed by atoms with Gasteiger partial charge in [-0.2, -0.15) is 0 Å². The molecule has 0 aliphatic heterocycles. The third kappa shape index (κ3) is 6.40. The molecule has 3 aromatic rings. The highest BCUT2D eigenvalue weighted by Crippen LogP contribution is 2.34. The van der Waals surface area contributed by atoms with Crippen molar-refractivity contribution in [2.75, 3.05) is 7.11 Å². The summed E-state index contributed by atoms with van der Waals surface area (Å²) >= 11 is 0. The molecule has 1 aliphatic carbocycles. The lowest BCUT2D eigenvalue weighted by Gasteiger charge is -2.32. The van der Waals surface area contributed by atoms with E-state index < -0.39 is 0 Å². The number of amides is 1. The second-order valence-electron chi connectivity index (χ2n) is 8.38. The predicted octanol–water partition coefficient (Wildman–Crippen LogP) is 5.21. The Hall–Kier alpha value is -3.22. The molecule has 1 amide bonds. The Labute approximate surface area is 194 Å². The number of fused-ring (bicyclic) bond motifs is 1. The van der Waals surface area contributed by atoms with Crippen LogP contribution in [0.4, 0.5) is 0 Å². The summed E-state index contributed by atoms with van der Waals surface area (Å²) in [5.41, 5.74) is 5.67. The fourth-order valence-corrected chi connectivity index (χ4v) is 4.77. The number of carbonyl (C=O) groups excluding carboxylic acids is 1. The minimum Gasteiger partial charge on any atom is -0.483 e. The van der Waals surface area contributed by atoms with Gasteiger partial charge in [0, 0.05) is 17.6 Å². The quantitative estimate of drug-likeness (QED) is 0.356. The Balaban J connectivity index is 0.000000968. The average molecular weight is 449 g/mol. The molecule has 6 heteroatoms. The van der Waals surface area contributed by atoms with Gasteiger partial charge in [-0.3, -0.25) is 14.4 Å². The van der Waals surface area contributed by atoms with Crippen molar-refractivity contribution in [3.05, 3.63) is 83.4 Å².